The molecule has 1 amide bonds. The molecule has 0 bridgehead atoms. The number of hydrogen-bond donors (Lipinski definition) is 3. The van der Waals surface area contributed by atoms with Gasteiger partial charge in [-0.1, -0.05) is 20.8 Å². The van der Waals surface area contributed by atoms with E-state index >= 15 is 0 Å². The summed E-state index contributed by atoms with van der Waals surface area (Å²) in [4.78, 5) is 22.6. The standard InChI is InChI=1S/C16H30N2O5/c1-16(2,3)14(10-5-6-10)23-9-11(8-22-4)18-15(21)12(17)7-13(19)20/h10-12,14H,5-9,17H2,1-4H3,(H,18,21)(H,19,20)/t11?,12-,14?/m0/s1. The SMILES string of the molecule is COCC(COC(C1CC1)C(C)(C)C)NC(=O)[C@@H](N)CC(=O)O. The Morgan fingerprint density at radius 3 is 2.35 bits per heavy atom. The first-order valence-corrected chi connectivity index (χ1v) is 8.03. The number of ether oxygens (including phenoxy) is 2. The molecule has 134 valence electrons. The van der Waals surface area contributed by atoms with Gasteiger partial charge in [0, 0.05) is 7.11 Å². The topological polar surface area (TPSA) is 111 Å². The summed E-state index contributed by atoms with van der Waals surface area (Å²) in [6, 6.07) is -1.43. The lowest BCUT2D eigenvalue weighted by Gasteiger charge is -2.32. The van der Waals surface area contributed by atoms with Gasteiger partial charge in [0.2, 0.25) is 5.91 Å². The lowest BCUT2D eigenvalue weighted by molar-refractivity contribution is -0.139. The van der Waals surface area contributed by atoms with Crippen molar-refractivity contribution in [1.29, 1.82) is 0 Å². The molecule has 1 saturated carbocycles. The number of amides is 1. The molecule has 7 nitrogen and oxygen atoms in total. The number of nitrogens with two attached hydrogens (primary N) is 1. The quantitative estimate of drug-likeness (QED) is 0.545. The maximum absolute atomic E-state index is 11.9. The van der Waals surface area contributed by atoms with Crippen molar-refractivity contribution in [3.63, 3.8) is 0 Å². The van der Waals surface area contributed by atoms with Crippen LogP contribution in [0.25, 0.3) is 0 Å². The van der Waals surface area contributed by atoms with E-state index in [1.165, 1.54) is 12.8 Å². The summed E-state index contributed by atoms with van der Waals surface area (Å²) in [6.07, 6.45) is 2.07. The van der Waals surface area contributed by atoms with Gasteiger partial charge in [-0.15, -0.1) is 0 Å². The van der Waals surface area contributed by atoms with Crippen molar-refractivity contribution in [1.82, 2.24) is 5.32 Å². The molecule has 0 heterocycles. The second-order valence-corrected chi connectivity index (χ2v) is 7.32. The van der Waals surface area contributed by atoms with Crippen LogP contribution >= 0.6 is 0 Å². The summed E-state index contributed by atoms with van der Waals surface area (Å²) in [5.41, 5.74) is 5.60. The van der Waals surface area contributed by atoms with E-state index in [1.54, 1.807) is 7.11 Å². The van der Waals surface area contributed by atoms with Gasteiger partial charge >= 0.3 is 5.97 Å². The van der Waals surface area contributed by atoms with Crippen LogP contribution in [0.4, 0.5) is 0 Å². The molecule has 0 aromatic rings. The predicted octanol–water partition coefficient (Wildman–Crippen LogP) is 0.761. The van der Waals surface area contributed by atoms with Gasteiger partial charge in [-0.2, -0.15) is 0 Å². The van der Waals surface area contributed by atoms with Crippen LogP contribution in [-0.2, 0) is 19.1 Å². The third-order valence-corrected chi connectivity index (χ3v) is 3.83. The number of carbonyl (C=O) groups excluding carboxylic acids is 1. The van der Waals surface area contributed by atoms with Crippen LogP contribution in [0.15, 0.2) is 0 Å². The first-order chi connectivity index (χ1) is 10.6. The van der Waals surface area contributed by atoms with Gasteiger partial charge in [-0.3, -0.25) is 9.59 Å². The fraction of sp³-hybridized carbons (Fsp3) is 0.875. The Labute approximate surface area is 137 Å². The molecular weight excluding hydrogens is 300 g/mol. The Hall–Kier alpha value is -1.18. The number of carbonyl (C=O) groups is 2. The van der Waals surface area contributed by atoms with Crippen LogP contribution in [0.1, 0.15) is 40.0 Å². The van der Waals surface area contributed by atoms with E-state index in [0.29, 0.717) is 12.5 Å². The van der Waals surface area contributed by atoms with E-state index in [-0.39, 0.29) is 24.2 Å². The van der Waals surface area contributed by atoms with E-state index in [0.717, 1.165) is 0 Å². The minimum atomic E-state index is -1.10. The minimum absolute atomic E-state index is 0.0303. The molecule has 0 saturated heterocycles. The molecule has 2 unspecified atom stereocenters. The molecule has 0 aromatic heterocycles. The summed E-state index contributed by atoms with van der Waals surface area (Å²) < 4.78 is 11.2. The summed E-state index contributed by atoms with van der Waals surface area (Å²) in [5.74, 6) is -1.03. The van der Waals surface area contributed by atoms with Gasteiger partial charge in [-0.05, 0) is 24.2 Å². The average molecular weight is 330 g/mol. The smallest absolute Gasteiger partial charge is 0.305 e. The predicted molar refractivity (Wildman–Crippen MR) is 86.0 cm³/mol. The first-order valence-electron chi connectivity index (χ1n) is 8.03. The molecule has 1 fully saturated rings. The van der Waals surface area contributed by atoms with Gasteiger partial charge in [0.05, 0.1) is 37.8 Å². The monoisotopic (exact) mass is 330 g/mol. The number of carboxylic acids is 1. The van der Waals surface area contributed by atoms with Crippen LogP contribution in [0.2, 0.25) is 0 Å². The highest BCUT2D eigenvalue weighted by molar-refractivity contribution is 5.86. The normalized spacial score (nSPS) is 19.0. The zero-order valence-electron chi connectivity index (χ0n) is 14.5. The van der Waals surface area contributed by atoms with E-state index < -0.39 is 24.3 Å². The van der Waals surface area contributed by atoms with Gasteiger partial charge in [-0.25, -0.2) is 0 Å². The average Bonchev–Trinajstić information content (AvgIpc) is 3.21. The van der Waals surface area contributed by atoms with Crippen LogP contribution in [-0.4, -0.2) is 55.5 Å². The Bertz CT molecular complexity index is 404. The van der Waals surface area contributed by atoms with Gasteiger partial charge in [0.15, 0.2) is 0 Å². The van der Waals surface area contributed by atoms with Gasteiger partial charge < -0.3 is 25.6 Å². The molecule has 0 aromatic carbocycles. The second kappa shape index (κ2) is 8.61. The van der Waals surface area contributed by atoms with E-state index in [9.17, 15) is 9.59 Å². The lowest BCUT2D eigenvalue weighted by Crippen LogP contribution is -2.50. The number of carboxylic acid groups (broad SMARTS) is 1. The molecule has 0 aliphatic heterocycles. The molecule has 23 heavy (non-hydrogen) atoms. The summed E-state index contributed by atoms with van der Waals surface area (Å²) >= 11 is 0. The zero-order chi connectivity index (χ0) is 17.6. The highest BCUT2D eigenvalue weighted by Crippen LogP contribution is 2.42. The van der Waals surface area contributed by atoms with E-state index in [1.807, 2.05) is 0 Å². The molecule has 1 aliphatic rings. The number of rotatable bonds is 10. The summed E-state index contributed by atoms with van der Waals surface area (Å²) in [5, 5.41) is 11.4. The maximum atomic E-state index is 11.9. The minimum Gasteiger partial charge on any atom is -0.481 e. The molecule has 1 aliphatic carbocycles. The van der Waals surface area contributed by atoms with E-state index in [4.69, 9.17) is 20.3 Å². The van der Waals surface area contributed by atoms with Crippen LogP contribution in [0, 0.1) is 11.3 Å². The molecule has 3 atom stereocenters. The Kier molecular flexibility index (Phi) is 7.44. The number of aliphatic carboxylic acids is 1. The van der Waals surface area contributed by atoms with Crippen molar-refractivity contribution < 1.29 is 24.2 Å². The molecular formula is C16H30N2O5. The highest BCUT2D eigenvalue weighted by atomic mass is 16.5. The Morgan fingerprint density at radius 1 is 1.30 bits per heavy atom. The molecule has 0 radical (unpaired) electrons. The van der Waals surface area contributed by atoms with Crippen LogP contribution in [0.3, 0.4) is 0 Å². The maximum Gasteiger partial charge on any atom is 0.305 e. The highest BCUT2D eigenvalue weighted by Gasteiger charge is 2.39. The molecule has 1 rings (SSSR count). The van der Waals surface area contributed by atoms with Crippen LogP contribution in [0.5, 0.6) is 0 Å². The second-order valence-electron chi connectivity index (χ2n) is 7.32. The van der Waals surface area contributed by atoms with Crippen molar-refractivity contribution >= 4 is 11.9 Å². The number of methoxy groups -OCH3 is 1. The summed E-state index contributed by atoms with van der Waals surface area (Å²) in [6.45, 7) is 7.03. The molecule has 0 spiro atoms. The van der Waals surface area contributed by atoms with Crippen LogP contribution < -0.4 is 11.1 Å². The largest absolute Gasteiger partial charge is 0.481 e. The van der Waals surface area contributed by atoms with Gasteiger partial charge in [0.1, 0.15) is 0 Å². The fourth-order valence-corrected chi connectivity index (χ4v) is 2.63. The molecule has 7 heteroatoms. The van der Waals surface area contributed by atoms with Crippen molar-refractivity contribution in [3.05, 3.63) is 0 Å². The Morgan fingerprint density at radius 2 is 1.91 bits per heavy atom. The first kappa shape index (κ1) is 19.9. The van der Waals surface area contributed by atoms with Crippen molar-refractivity contribution in [2.24, 2.45) is 17.1 Å². The van der Waals surface area contributed by atoms with Crippen molar-refractivity contribution in [2.45, 2.75) is 58.2 Å². The van der Waals surface area contributed by atoms with Gasteiger partial charge in [0.25, 0.3) is 0 Å². The lowest BCUT2D eigenvalue weighted by atomic mass is 9.86. The van der Waals surface area contributed by atoms with Crippen molar-refractivity contribution in [3.8, 4) is 0 Å². The number of hydrogen-bond acceptors (Lipinski definition) is 5. The molecule has 4 N–H and O–H groups in total. The third kappa shape index (κ3) is 7.28. The third-order valence-electron chi connectivity index (χ3n) is 3.83. The summed E-state index contributed by atoms with van der Waals surface area (Å²) in [7, 11) is 1.54. The van der Waals surface area contributed by atoms with Crippen molar-refractivity contribution in [2.75, 3.05) is 20.3 Å². The van der Waals surface area contributed by atoms with E-state index in [2.05, 4.69) is 26.1 Å². The Balaban J connectivity index is 2.53. The fourth-order valence-electron chi connectivity index (χ4n) is 2.63. The number of nitrogens with one attached hydrogen (secondary N) is 1. The zero-order valence-corrected chi connectivity index (χ0v) is 14.5.